The molecule has 0 radical (unpaired) electrons. The summed E-state index contributed by atoms with van der Waals surface area (Å²) in [5, 5.41) is 5.40. The standard InChI is InChI=1S/C17H26FN3O4/c1-24-12-10-21(11-13-25-2)17(23)20-9-5-8-19-16(22)14-6-3-4-7-15(14)18/h3-4,6-7H,5,8-13H2,1-2H3,(H,19,22)(H,20,23). The van der Waals surface area contributed by atoms with Crippen LogP contribution in [0.2, 0.25) is 0 Å². The third kappa shape index (κ3) is 7.95. The molecule has 0 heterocycles. The first kappa shape index (κ1) is 20.9. The van der Waals surface area contributed by atoms with E-state index < -0.39 is 11.7 Å². The number of amides is 3. The number of benzene rings is 1. The highest BCUT2D eigenvalue weighted by Gasteiger charge is 2.13. The molecule has 25 heavy (non-hydrogen) atoms. The average molecular weight is 355 g/mol. The Hall–Kier alpha value is -2.19. The Labute approximate surface area is 147 Å². The molecule has 0 aliphatic carbocycles. The molecule has 0 saturated heterocycles. The lowest BCUT2D eigenvalue weighted by atomic mass is 10.2. The fourth-order valence-corrected chi connectivity index (χ4v) is 2.06. The molecule has 0 saturated carbocycles. The van der Waals surface area contributed by atoms with Crippen LogP contribution >= 0.6 is 0 Å². The van der Waals surface area contributed by atoms with Gasteiger partial charge in [-0.05, 0) is 18.6 Å². The van der Waals surface area contributed by atoms with Gasteiger partial charge in [-0.1, -0.05) is 12.1 Å². The van der Waals surface area contributed by atoms with Gasteiger partial charge >= 0.3 is 6.03 Å². The number of carbonyl (C=O) groups excluding carboxylic acids is 2. The minimum atomic E-state index is -0.555. The number of nitrogens with zero attached hydrogens (tertiary/aromatic N) is 1. The van der Waals surface area contributed by atoms with Gasteiger partial charge in [0.1, 0.15) is 5.82 Å². The number of ether oxygens (including phenoxy) is 2. The van der Waals surface area contributed by atoms with Crippen LogP contribution in [0.1, 0.15) is 16.8 Å². The summed E-state index contributed by atoms with van der Waals surface area (Å²) >= 11 is 0. The Kier molecular flexibility index (Phi) is 10.2. The maximum absolute atomic E-state index is 13.5. The molecule has 1 aromatic carbocycles. The Morgan fingerprint density at radius 3 is 2.24 bits per heavy atom. The lowest BCUT2D eigenvalue weighted by molar-refractivity contribution is 0.0949. The molecule has 0 spiro atoms. The highest BCUT2D eigenvalue weighted by Crippen LogP contribution is 2.05. The normalized spacial score (nSPS) is 10.4. The van der Waals surface area contributed by atoms with Crippen LogP contribution in [-0.4, -0.2) is 70.5 Å². The number of methoxy groups -OCH3 is 2. The smallest absolute Gasteiger partial charge is 0.317 e. The summed E-state index contributed by atoms with van der Waals surface area (Å²) in [5.41, 5.74) is 0.0110. The van der Waals surface area contributed by atoms with Crippen molar-refractivity contribution in [2.75, 3.05) is 53.6 Å². The zero-order valence-electron chi connectivity index (χ0n) is 14.7. The predicted octanol–water partition coefficient (Wildman–Crippen LogP) is 1.25. The summed E-state index contributed by atoms with van der Waals surface area (Å²) in [6.45, 7) is 2.55. The molecule has 0 bridgehead atoms. The van der Waals surface area contributed by atoms with Crippen molar-refractivity contribution in [1.29, 1.82) is 0 Å². The number of hydrogen-bond donors (Lipinski definition) is 2. The number of carbonyl (C=O) groups is 2. The predicted molar refractivity (Wildman–Crippen MR) is 92.1 cm³/mol. The SMILES string of the molecule is COCCN(CCOC)C(=O)NCCCNC(=O)c1ccccc1F. The van der Waals surface area contributed by atoms with Crippen LogP contribution in [0.25, 0.3) is 0 Å². The maximum atomic E-state index is 13.5. The first-order valence-corrected chi connectivity index (χ1v) is 8.13. The minimum Gasteiger partial charge on any atom is -0.383 e. The van der Waals surface area contributed by atoms with Gasteiger partial charge in [0, 0.05) is 40.4 Å². The highest BCUT2D eigenvalue weighted by atomic mass is 19.1. The molecule has 140 valence electrons. The summed E-state index contributed by atoms with van der Waals surface area (Å²) < 4.78 is 23.4. The Balaban J connectivity index is 2.27. The van der Waals surface area contributed by atoms with Crippen molar-refractivity contribution >= 4 is 11.9 Å². The lowest BCUT2D eigenvalue weighted by Gasteiger charge is -2.22. The third-order valence-electron chi connectivity index (χ3n) is 3.45. The molecule has 1 rings (SSSR count). The van der Waals surface area contributed by atoms with Gasteiger partial charge in [0.25, 0.3) is 5.91 Å². The van der Waals surface area contributed by atoms with E-state index in [1.54, 1.807) is 25.2 Å². The molecule has 0 atom stereocenters. The minimum absolute atomic E-state index is 0.0110. The van der Waals surface area contributed by atoms with Crippen molar-refractivity contribution in [3.05, 3.63) is 35.6 Å². The van der Waals surface area contributed by atoms with Gasteiger partial charge in [-0.15, -0.1) is 0 Å². The largest absolute Gasteiger partial charge is 0.383 e. The molecule has 0 unspecified atom stereocenters. The first-order valence-electron chi connectivity index (χ1n) is 8.13. The van der Waals surface area contributed by atoms with Gasteiger partial charge in [0.15, 0.2) is 0 Å². The molecule has 0 aromatic heterocycles. The van der Waals surface area contributed by atoms with Gasteiger partial charge in [-0.3, -0.25) is 4.79 Å². The molecule has 1 aromatic rings. The number of nitrogens with one attached hydrogen (secondary N) is 2. The monoisotopic (exact) mass is 355 g/mol. The van der Waals surface area contributed by atoms with Crippen LogP contribution in [0.3, 0.4) is 0 Å². The van der Waals surface area contributed by atoms with E-state index >= 15 is 0 Å². The second kappa shape index (κ2) is 12.2. The zero-order chi connectivity index (χ0) is 18.5. The van der Waals surface area contributed by atoms with Crippen LogP contribution in [0.4, 0.5) is 9.18 Å². The summed E-state index contributed by atoms with van der Waals surface area (Å²) in [4.78, 5) is 25.5. The van der Waals surface area contributed by atoms with E-state index in [2.05, 4.69) is 10.6 Å². The van der Waals surface area contributed by atoms with Crippen molar-refractivity contribution in [2.45, 2.75) is 6.42 Å². The van der Waals surface area contributed by atoms with Crippen molar-refractivity contribution in [2.24, 2.45) is 0 Å². The number of halogens is 1. The summed E-state index contributed by atoms with van der Waals surface area (Å²) in [5.74, 6) is -1.02. The molecular formula is C17H26FN3O4. The number of hydrogen-bond acceptors (Lipinski definition) is 4. The Morgan fingerprint density at radius 1 is 1.04 bits per heavy atom. The second-order valence-corrected chi connectivity index (χ2v) is 5.29. The average Bonchev–Trinajstić information content (AvgIpc) is 2.61. The molecule has 7 nitrogen and oxygen atoms in total. The fourth-order valence-electron chi connectivity index (χ4n) is 2.06. The van der Waals surface area contributed by atoms with Crippen LogP contribution in [0.5, 0.6) is 0 Å². The summed E-state index contributed by atoms with van der Waals surface area (Å²) in [6.07, 6.45) is 0.536. The van der Waals surface area contributed by atoms with E-state index in [0.29, 0.717) is 45.8 Å². The van der Waals surface area contributed by atoms with Crippen molar-refractivity contribution in [1.82, 2.24) is 15.5 Å². The molecular weight excluding hydrogens is 329 g/mol. The number of urea groups is 1. The van der Waals surface area contributed by atoms with Gasteiger partial charge in [0.05, 0.1) is 18.8 Å². The summed E-state index contributed by atoms with van der Waals surface area (Å²) in [7, 11) is 3.15. The zero-order valence-corrected chi connectivity index (χ0v) is 14.7. The quantitative estimate of drug-likeness (QED) is 0.586. The van der Waals surface area contributed by atoms with Gasteiger partial charge in [-0.2, -0.15) is 0 Å². The van der Waals surface area contributed by atoms with E-state index in [1.807, 2.05) is 0 Å². The Bertz CT molecular complexity index is 534. The molecule has 0 aliphatic rings. The first-order chi connectivity index (χ1) is 12.1. The second-order valence-electron chi connectivity index (χ2n) is 5.29. The molecule has 2 N–H and O–H groups in total. The third-order valence-corrected chi connectivity index (χ3v) is 3.45. The van der Waals surface area contributed by atoms with Crippen molar-refractivity contribution in [3.63, 3.8) is 0 Å². The topological polar surface area (TPSA) is 79.9 Å². The van der Waals surface area contributed by atoms with Crippen LogP contribution in [-0.2, 0) is 9.47 Å². The van der Waals surface area contributed by atoms with E-state index in [4.69, 9.17) is 9.47 Å². The Morgan fingerprint density at radius 2 is 1.64 bits per heavy atom. The highest BCUT2D eigenvalue weighted by molar-refractivity contribution is 5.94. The molecule has 8 heteroatoms. The van der Waals surface area contributed by atoms with E-state index in [1.165, 1.54) is 18.2 Å². The van der Waals surface area contributed by atoms with Crippen LogP contribution in [0, 0.1) is 5.82 Å². The lowest BCUT2D eigenvalue weighted by Crippen LogP contribution is -2.44. The van der Waals surface area contributed by atoms with E-state index in [0.717, 1.165) is 0 Å². The maximum Gasteiger partial charge on any atom is 0.317 e. The van der Waals surface area contributed by atoms with Gasteiger partial charge in [-0.25, -0.2) is 9.18 Å². The summed E-state index contributed by atoms with van der Waals surface area (Å²) in [6, 6.07) is 5.59. The van der Waals surface area contributed by atoms with Gasteiger partial charge in [0.2, 0.25) is 0 Å². The molecule has 0 aliphatic heterocycles. The van der Waals surface area contributed by atoms with Gasteiger partial charge < -0.3 is 25.0 Å². The van der Waals surface area contributed by atoms with Crippen molar-refractivity contribution < 1.29 is 23.5 Å². The van der Waals surface area contributed by atoms with Crippen LogP contribution < -0.4 is 10.6 Å². The fraction of sp³-hybridized carbons (Fsp3) is 0.529. The number of rotatable bonds is 11. The van der Waals surface area contributed by atoms with Crippen molar-refractivity contribution in [3.8, 4) is 0 Å². The van der Waals surface area contributed by atoms with E-state index in [-0.39, 0.29) is 11.6 Å². The molecule has 0 fully saturated rings. The van der Waals surface area contributed by atoms with Crippen LogP contribution in [0.15, 0.2) is 24.3 Å². The van der Waals surface area contributed by atoms with E-state index in [9.17, 15) is 14.0 Å². The molecule has 3 amide bonds.